The van der Waals surface area contributed by atoms with Gasteiger partial charge in [-0.1, -0.05) is 36.4 Å². The Kier molecular flexibility index (Phi) is 7.04. The Morgan fingerprint density at radius 2 is 1.67 bits per heavy atom. The highest BCUT2D eigenvalue weighted by Crippen LogP contribution is 2.33. The van der Waals surface area contributed by atoms with Gasteiger partial charge in [0.1, 0.15) is 23.0 Å². The number of halogens is 2. The van der Waals surface area contributed by atoms with Crippen molar-refractivity contribution in [1.82, 2.24) is 19.5 Å². The molecule has 0 bridgehead atoms. The highest BCUT2D eigenvalue weighted by Gasteiger charge is 2.22. The Balaban J connectivity index is 1.43. The van der Waals surface area contributed by atoms with Crippen LogP contribution in [0.2, 0.25) is 0 Å². The number of nitrogens with one attached hydrogen (secondary N) is 1. The van der Waals surface area contributed by atoms with Gasteiger partial charge < -0.3 is 15.8 Å². The molecule has 0 aliphatic carbocycles. The predicted molar refractivity (Wildman–Crippen MR) is 158 cm³/mol. The average Bonchev–Trinajstić information content (AvgIpc) is 3.41. The summed E-state index contributed by atoms with van der Waals surface area (Å²) >= 11 is 0. The van der Waals surface area contributed by atoms with Crippen molar-refractivity contribution in [2.75, 3.05) is 18.2 Å². The second kappa shape index (κ2) is 11.1. The Bertz CT molecular complexity index is 2030. The molecular formula is C32H22F2N6O3. The standard InChI is InChI=1S/C32H22F2N6O3/c1-43-32(42)21-10-5-9-20(27(21)34)31(41)39-25-13-12-19(17-23(25)33)40-29(22-11-6-16-36-28(22)35)38-26-15-14-24(37-30(26)40)18-7-3-2-4-8-18/h2-17H,1H3,(H2,35,36)(H,39,41). The molecule has 0 aliphatic heterocycles. The molecule has 0 spiro atoms. The summed E-state index contributed by atoms with van der Waals surface area (Å²) in [5.74, 6) is -3.15. The second-order valence-corrected chi connectivity index (χ2v) is 9.39. The van der Waals surface area contributed by atoms with E-state index in [0.29, 0.717) is 33.9 Å². The van der Waals surface area contributed by atoms with E-state index in [-0.39, 0.29) is 11.5 Å². The van der Waals surface area contributed by atoms with Crippen LogP contribution in [0.4, 0.5) is 20.3 Å². The number of aromatic nitrogens is 4. The topological polar surface area (TPSA) is 125 Å². The Morgan fingerprint density at radius 1 is 0.884 bits per heavy atom. The minimum Gasteiger partial charge on any atom is -0.465 e. The van der Waals surface area contributed by atoms with E-state index < -0.39 is 34.6 Å². The summed E-state index contributed by atoms with van der Waals surface area (Å²) in [4.78, 5) is 38.5. The number of hydrogen-bond donors (Lipinski definition) is 2. The molecule has 0 radical (unpaired) electrons. The normalized spacial score (nSPS) is 11.0. The van der Waals surface area contributed by atoms with E-state index in [4.69, 9.17) is 15.7 Å². The number of amides is 1. The van der Waals surface area contributed by atoms with Crippen molar-refractivity contribution >= 4 is 34.5 Å². The zero-order valence-electron chi connectivity index (χ0n) is 22.6. The third-order valence-corrected chi connectivity index (χ3v) is 6.76. The summed E-state index contributed by atoms with van der Waals surface area (Å²) in [6.07, 6.45) is 1.55. The van der Waals surface area contributed by atoms with Crippen molar-refractivity contribution in [2.24, 2.45) is 0 Å². The third-order valence-electron chi connectivity index (χ3n) is 6.76. The number of rotatable bonds is 6. The maximum absolute atomic E-state index is 15.6. The van der Waals surface area contributed by atoms with Crippen molar-refractivity contribution in [3.63, 3.8) is 0 Å². The van der Waals surface area contributed by atoms with Gasteiger partial charge in [-0.3, -0.25) is 9.36 Å². The van der Waals surface area contributed by atoms with Gasteiger partial charge in [-0.25, -0.2) is 28.5 Å². The van der Waals surface area contributed by atoms with E-state index >= 15 is 4.39 Å². The number of fused-ring (bicyclic) bond motifs is 1. The molecule has 0 saturated carbocycles. The smallest absolute Gasteiger partial charge is 0.340 e. The van der Waals surface area contributed by atoms with E-state index in [1.807, 2.05) is 42.5 Å². The van der Waals surface area contributed by atoms with Gasteiger partial charge >= 0.3 is 5.97 Å². The number of nitrogens with zero attached hydrogens (tertiary/aromatic N) is 4. The van der Waals surface area contributed by atoms with Crippen molar-refractivity contribution < 1.29 is 23.1 Å². The van der Waals surface area contributed by atoms with Gasteiger partial charge in [-0.2, -0.15) is 0 Å². The first kappa shape index (κ1) is 27.2. The molecule has 6 aromatic rings. The fourth-order valence-electron chi connectivity index (χ4n) is 4.67. The summed E-state index contributed by atoms with van der Waals surface area (Å²) in [5, 5.41) is 2.37. The van der Waals surface area contributed by atoms with Gasteiger partial charge in [0.05, 0.1) is 40.9 Å². The van der Waals surface area contributed by atoms with Gasteiger partial charge in [-0.05, 0) is 48.5 Å². The van der Waals surface area contributed by atoms with Crippen molar-refractivity contribution in [2.45, 2.75) is 0 Å². The number of carbonyl (C=O) groups excluding carboxylic acids is 2. The molecule has 3 aromatic carbocycles. The average molecular weight is 577 g/mol. The molecule has 3 aromatic heterocycles. The summed E-state index contributed by atoms with van der Waals surface area (Å²) < 4.78 is 36.6. The maximum Gasteiger partial charge on any atom is 0.340 e. The van der Waals surface area contributed by atoms with Crippen LogP contribution < -0.4 is 11.1 Å². The number of pyridine rings is 2. The Morgan fingerprint density at radius 3 is 2.42 bits per heavy atom. The van der Waals surface area contributed by atoms with Crippen LogP contribution in [0.3, 0.4) is 0 Å². The van der Waals surface area contributed by atoms with Gasteiger partial charge in [0, 0.05) is 17.8 Å². The first-order valence-corrected chi connectivity index (χ1v) is 13.0. The number of carbonyl (C=O) groups is 2. The predicted octanol–water partition coefficient (Wildman–Crippen LogP) is 6.05. The molecule has 0 saturated heterocycles. The van der Waals surface area contributed by atoms with Crippen LogP contribution in [-0.4, -0.2) is 38.5 Å². The molecule has 0 fully saturated rings. The van der Waals surface area contributed by atoms with Crippen LogP contribution in [-0.2, 0) is 4.74 Å². The molecule has 3 N–H and O–H groups in total. The monoisotopic (exact) mass is 576 g/mol. The summed E-state index contributed by atoms with van der Waals surface area (Å²) in [6, 6.07) is 24.5. The van der Waals surface area contributed by atoms with E-state index in [1.165, 1.54) is 30.3 Å². The fourth-order valence-corrected chi connectivity index (χ4v) is 4.67. The van der Waals surface area contributed by atoms with Crippen LogP contribution in [0.25, 0.3) is 39.5 Å². The SMILES string of the molecule is COC(=O)c1cccc(C(=O)Nc2ccc(-n3c(-c4cccnc4N)nc4ccc(-c5ccccc5)nc43)cc2F)c1F. The molecule has 0 aliphatic rings. The molecule has 1 amide bonds. The lowest BCUT2D eigenvalue weighted by Gasteiger charge is -2.13. The third kappa shape index (κ3) is 5.04. The van der Waals surface area contributed by atoms with E-state index in [1.54, 1.807) is 29.0 Å². The van der Waals surface area contributed by atoms with E-state index in [0.717, 1.165) is 12.7 Å². The van der Waals surface area contributed by atoms with Crippen LogP contribution in [0, 0.1) is 11.6 Å². The Hall–Kier alpha value is -5.97. The van der Waals surface area contributed by atoms with Crippen LogP contribution >= 0.6 is 0 Å². The number of anilines is 2. The number of nitrogens with two attached hydrogens (primary N) is 1. The first-order chi connectivity index (χ1) is 20.9. The lowest BCUT2D eigenvalue weighted by atomic mass is 10.1. The van der Waals surface area contributed by atoms with Gasteiger partial charge in [0.2, 0.25) is 0 Å². The van der Waals surface area contributed by atoms with Gasteiger partial charge in [0.15, 0.2) is 11.5 Å². The zero-order chi connectivity index (χ0) is 30.1. The Labute approximate surface area is 243 Å². The summed E-state index contributed by atoms with van der Waals surface area (Å²) in [5.41, 5.74) is 8.52. The van der Waals surface area contributed by atoms with Crippen molar-refractivity contribution in [3.8, 4) is 28.3 Å². The molecule has 9 nitrogen and oxygen atoms in total. The minimum absolute atomic E-state index is 0.207. The quantitative estimate of drug-likeness (QED) is 0.231. The van der Waals surface area contributed by atoms with Crippen LogP contribution in [0.1, 0.15) is 20.7 Å². The van der Waals surface area contributed by atoms with Gasteiger partial charge in [0.25, 0.3) is 5.91 Å². The largest absolute Gasteiger partial charge is 0.465 e. The van der Waals surface area contributed by atoms with E-state index in [2.05, 4.69) is 15.0 Å². The molecule has 43 heavy (non-hydrogen) atoms. The lowest BCUT2D eigenvalue weighted by Crippen LogP contribution is -2.17. The molecular weight excluding hydrogens is 554 g/mol. The molecule has 11 heteroatoms. The number of methoxy groups -OCH3 is 1. The summed E-state index contributed by atoms with van der Waals surface area (Å²) in [6.45, 7) is 0. The first-order valence-electron chi connectivity index (χ1n) is 13.0. The molecule has 0 atom stereocenters. The molecule has 212 valence electrons. The fraction of sp³-hybridized carbons (Fsp3) is 0.0312. The van der Waals surface area contributed by atoms with Crippen molar-refractivity contribution in [1.29, 1.82) is 0 Å². The number of imidazole rings is 1. The minimum atomic E-state index is -1.08. The lowest BCUT2D eigenvalue weighted by molar-refractivity contribution is 0.0595. The molecule has 0 unspecified atom stereocenters. The number of nitrogen functional groups attached to an aromatic ring is 1. The number of esters is 1. The number of benzene rings is 3. The second-order valence-electron chi connectivity index (χ2n) is 9.39. The van der Waals surface area contributed by atoms with Crippen LogP contribution in [0.5, 0.6) is 0 Å². The molecule has 3 heterocycles. The van der Waals surface area contributed by atoms with E-state index in [9.17, 15) is 14.0 Å². The highest BCUT2D eigenvalue weighted by molar-refractivity contribution is 6.06. The van der Waals surface area contributed by atoms with Gasteiger partial charge in [-0.15, -0.1) is 0 Å². The van der Waals surface area contributed by atoms with Crippen LogP contribution in [0.15, 0.2) is 97.2 Å². The molecule has 6 rings (SSSR count). The zero-order valence-corrected chi connectivity index (χ0v) is 22.6. The highest BCUT2D eigenvalue weighted by atomic mass is 19.1. The van der Waals surface area contributed by atoms with Crippen molar-refractivity contribution in [3.05, 3.63) is 120 Å². The maximum atomic E-state index is 15.6. The number of ether oxygens (including phenoxy) is 1. The number of hydrogen-bond acceptors (Lipinski definition) is 7. The summed E-state index contributed by atoms with van der Waals surface area (Å²) in [7, 11) is 1.10.